The van der Waals surface area contributed by atoms with Crippen LogP contribution in [0.25, 0.3) is 0 Å². The number of carbonyl (C=O) groups excluding carboxylic acids is 3. The topological polar surface area (TPSA) is 121 Å². The van der Waals surface area contributed by atoms with Gasteiger partial charge in [-0.3, -0.25) is 24.4 Å². The van der Waals surface area contributed by atoms with Crippen molar-refractivity contribution in [3.63, 3.8) is 0 Å². The lowest BCUT2D eigenvalue weighted by molar-refractivity contribution is -0.123. The lowest BCUT2D eigenvalue weighted by atomic mass is 10.0. The first-order chi connectivity index (χ1) is 20.4. The molecule has 1 atom stereocenters. The van der Waals surface area contributed by atoms with Crippen LogP contribution < -0.4 is 20.4 Å². The zero-order valence-electron chi connectivity index (χ0n) is 23.5. The Morgan fingerprint density at radius 3 is 2.50 bits per heavy atom. The summed E-state index contributed by atoms with van der Waals surface area (Å²) >= 11 is 0. The van der Waals surface area contributed by atoms with Gasteiger partial charge in [0.25, 0.3) is 5.91 Å². The Labute approximate surface area is 245 Å². The summed E-state index contributed by atoms with van der Waals surface area (Å²) in [5.41, 5.74) is 3.49. The molecule has 0 spiro atoms. The molecule has 214 valence electrons. The lowest BCUT2D eigenvalue weighted by Gasteiger charge is -2.28. The van der Waals surface area contributed by atoms with E-state index in [1.54, 1.807) is 31.3 Å². The van der Waals surface area contributed by atoms with Gasteiger partial charge in [-0.2, -0.15) is 5.26 Å². The molecule has 2 aliphatic heterocycles. The molecule has 3 aromatic carbocycles. The Morgan fingerprint density at radius 2 is 1.74 bits per heavy atom. The van der Waals surface area contributed by atoms with Crippen molar-refractivity contribution in [3.05, 3.63) is 90.0 Å². The summed E-state index contributed by atoms with van der Waals surface area (Å²) in [5.74, 6) is -0.813. The SMILES string of the molecule is CN(C(=O)CN1C(=O)C(NC(=O)Nc2cccc(C#N)c2)N=C(CN2CCCCC2)c2ccccc21)c1ccccc1. The third-order valence-corrected chi connectivity index (χ3v) is 7.44. The summed E-state index contributed by atoms with van der Waals surface area (Å²) in [6.07, 6.45) is 2.09. The Morgan fingerprint density at radius 1 is 1.00 bits per heavy atom. The highest BCUT2D eigenvalue weighted by Gasteiger charge is 2.35. The summed E-state index contributed by atoms with van der Waals surface area (Å²) < 4.78 is 0. The van der Waals surface area contributed by atoms with Crippen LogP contribution in [0.4, 0.5) is 21.9 Å². The van der Waals surface area contributed by atoms with E-state index in [0.717, 1.165) is 31.5 Å². The second kappa shape index (κ2) is 13.1. The number of rotatable bonds is 7. The van der Waals surface area contributed by atoms with Gasteiger partial charge in [0.2, 0.25) is 12.1 Å². The maximum Gasteiger partial charge on any atom is 0.321 e. The predicted molar refractivity (Wildman–Crippen MR) is 163 cm³/mol. The maximum atomic E-state index is 14.1. The molecule has 0 aliphatic carbocycles. The molecule has 0 bridgehead atoms. The number of hydrogen-bond acceptors (Lipinski definition) is 6. The van der Waals surface area contributed by atoms with Gasteiger partial charge in [-0.1, -0.05) is 48.9 Å². The number of likely N-dealkylation sites (N-methyl/N-ethyl adjacent to an activating group) is 1. The summed E-state index contributed by atoms with van der Waals surface area (Å²) in [6.45, 7) is 2.12. The van der Waals surface area contributed by atoms with E-state index in [1.165, 1.54) is 16.2 Å². The molecular weight excluding hydrogens is 530 g/mol. The first-order valence-electron chi connectivity index (χ1n) is 14.0. The number of nitrogens with zero attached hydrogens (tertiary/aromatic N) is 5. The molecule has 4 amide bonds. The van der Waals surface area contributed by atoms with E-state index in [-0.39, 0.29) is 12.5 Å². The van der Waals surface area contributed by atoms with Gasteiger partial charge in [0.1, 0.15) is 6.54 Å². The van der Waals surface area contributed by atoms with Crippen LogP contribution in [-0.4, -0.2) is 67.8 Å². The second-order valence-electron chi connectivity index (χ2n) is 10.3. The normalized spacial score (nSPS) is 16.9. The van der Waals surface area contributed by atoms with Crippen molar-refractivity contribution in [1.29, 1.82) is 5.26 Å². The molecule has 0 radical (unpaired) electrons. The zero-order valence-corrected chi connectivity index (χ0v) is 23.5. The van der Waals surface area contributed by atoms with Crippen LogP contribution in [-0.2, 0) is 9.59 Å². The summed E-state index contributed by atoms with van der Waals surface area (Å²) in [4.78, 5) is 50.7. The van der Waals surface area contributed by atoms with Crippen molar-refractivity contribution in [2.24, 2.45) is 4.99 Å². The molecule has 10 nitrogen and oxygen atoms in total. The Balaban J connectivity index is 1.46. The van der Waals surface area contributed by atoms with Crippen LogP contribution in [0.2, 0.25) is 0 Å². The minimum atomic E-state index is -1.27. The molecule has 0 saturated carbocycles. The predicted octanol–water partition coefficient (Wildman–Crippen LogP) is 3.99. The number of benzodiazepines with no additional fused rings is 1. The van der Waals surface area contributed by atoms with E-state index in [2.05, 4.69) is 15.5 Å². The van der Waals surface area contributed by atoms with Crippen molar-refractivity contribution in [2.75, 3.05) is 48.3 Å². The number of benzene rings is 3. The quantitative estimate of drug-likeness (QED) is 0.450. The highest BCUT2D eigenvalue weighted by atomic mass is 16.2. The number of likely N-dealkylation sites (tertiary alicyclic amines) is 1. The summed E-state index contributed by atoms with van der Waals surface area (Å²) in [5, 5.41) is 14.6. The number of para-hydroxylation sites is 2. The summed E-state index contributed by atoms with van der Waals surface area (Å²) in [7, 11) is 1.67. The molecule has 1 fully saturated rings. The van der Waals surface area contributed by atoms with Crippen molar-refractivity contribution in [2.45, 2.75) is 25.4 Å². The smallest absolute Gasteiger partial charge is 0.314 e. The fourth-order valence-electron chi connectivity index (χ4n) is 5.21. The largest absolute Gasteiger partial charge is 0.321 e. The van der Waals surface area contributed by atoms with Crippen LogP contribution >= 0.6 is 0 Å². The van der Waals surface area contributed by atoms with E-state index in [0.29, 0.717) is 34.9 Å². The molecular formula is C32H33N7O3. The van der Waals surface area contributed by atoms with Crippen LogP contribution in [0.5, 0.6) is 0 Å². The molecule has 0 aromatic heterocycles. The third kappa shape index (κ3) is 6.65. The van der Waals surface area contributed by atoms with E-state index in [1.807, 2.05) is 60.7 Å². The van der Waals surface area contributed by atoms with Crippen LogP contribution in [0.15, 0.2) is 83.9 Å². The molecule has 1 unspecified atom stereocenters. The van der Waals surface area contributed by atoms with Crippen molar-refractivity contribution >= 4 is 40.6 Å². The molecule has 2 N–H and O–H groups in total. The van der Waals surface area contributed by atoms with Gasteiger partial charge in [-0.25, -0.2) is 4.79 Å². The Bertz CT molecular complexity index is 1530. The zero-order chi connectivity index (χ0) is 29.5. The maximum absolute atomic E-state index is 14.1. The van der Waals surface area contributed by atoms with E-state index < -0.39 is 18.1 Å². The van der Waals surface area contributed by atoms with Gasteiger partial charge in [0.05, 0.1) is 23.0 Å². The molecule has 5 rings (SSSR count). The number of piperidine rings is 1. The van der Waals surface area contributed by atoms with Gasteiger partial charge in [-0.05, 0) is 62.3 Å². The second-order valence-corrected chi connectivity index (χ2v) is 10.3. The molecule has 42 heavy (non-hydrogen) atoms. The first-order valence-corrected chi connectivity index (χ1v) is 14.0. The van der Waals surface area contributed by atoms with Gasteiger partial charge < -0.3 is 15.5 Å². The molecule has 1 saturated heterocycles. The standard InChI is InChI=1S/C32H33N7O3/c1-37(25-13-4-2-5-14-25)29(40)22-39-28-16-7-6-15-26(28)27(21-38-17-8-3-9-18-38)35-30(31(39)41)36-32(42)34-24-12-10-11-23(19-24)20-33/h2,4-7,10-16,19,30H,3,8-9,17-18,21-22H2,1H3,(H2,34,36,42). The fourth-order valence-corrected chi connectivity index (χ4v) is 5.21. The van der Waals surface area contributed by atoms with Crippen molar-refractivity contribution in [3.8, 4) is 6.07 Å². The highest BCUT2D eigenvalue weighted by molar-refractivity contribution is 6.16. The number of aliphatic imine (C=N–C) groups is 1. The lowest BCUT2D eigenvalue weighted by Crippen LogP contribution is -2.51. The average molecular weight is 564 g/mol. The number of hydrogen-bond donors (Lipinski definition) is 2. The van der Waals surface area contributed by atoms with Gasteiger partial charge in [0.15, 0.2) is 0 Å². The van der Waals surface area contributed by atoms with Crippen molar-refractivity contribution < 1.29 is 14.4 Å². The number of fused-ring (bicyclic) bond motifs is 1. The van der Waals surface area contributed by atoms with Gasteiger partial charge in [0, 0.05) is 30.5 Å². The van der Waals surface area contributed by atoms with Gasteiger partial charge in [-0.15, -0.1) is 0 Å². The fraction of sp³-hybridized carbons (Fsp3) is 0.281. The number of nitrogens with one attached hydrogen (secondary N) is 2. The number of amides is 4. The minimum Gasteiger partial charge on any atom is -0.314 e. The Hall–Kier alpha value is -5.01. The van der Waals surface area contributed by atoms with Crippen molar-refractivity contribution in [1.82, 2.24) is 10.2 Å². The monoisotopic (exact) mass is 563 g/mol. The highest BCUT2D eigenvalue weighted by Crippen LogP contribution is 2.27. The molecule has 10 heteroatoms. The molecule has 2 heterocycles. The Kier molecular flexibility index (Phi) is 8.90. The number of urea groups is 1. The number of anilines is 3. The first kappa shape index (κ1) is 28.5. The number of carbonyl (C=O) groups is 3. The third-order valence-electron chi connectivity index (χ3n) is 7.44. The number of nitriles is 1. The van der Waals surface area contributed by atoms with Crippen LogP contribution in [0.3, 0.4) is 0 Å². The molecule has 3 aromatic rings. The van der Waals surface area contributed by atoms with Crippen LogP contribution in [0, 0.1) is 11.3 Å². The van der Waals surface area contributed by atoms with Gasteiger partial charge >= 0.3 is 6.03 Å². The molecule has 2 aliphatic rings. The summed E-state index contributed by atoms with van der Waals surface area (Å²) in [6, 6.07) is 24.5. The van der Waals surface area contributed by atoms with E-state index in [4.69, 9.17) is 4.99 Å². The average Bonchev–Trinajstić information content (AvgIpc) is 3.12. The van der Waals surface area contributed by atoms with E-state index in [9.17, 15) is 19.6 Å². The van der Waals surface area contributed by atoms with E-state index >= 15 is 0 Å². The minimum absolute atomic E-state index is 0.238. The van der Waals surface area contributed by atoms with Crippen LogP contribution in [0.1, 0.15) is 30.4 Å².